The molecule has 0 fully saturated rings. The lowest BCUT2D eigenvalue weighted by Gasteiger charge is -2.05. The molecule has 30 heavy (non-hydrogen) atoms. The molecule has 0 spiro atoms. The van der Waals surface area contributed by atoms with E-state index in [4.69, 9.17) is 21.1 Å². The Labute approximate surface area is 187 Å². The SMILES string of the molecule is COc1ccc(-c2nnc(SCc3csc(COc4ccc(Cl)cc4)n3)n2C)cc1. The quantitative estimate of drug-likeness (QED) is 0.326. The van der Waals surface area contributed by atoms with Crippen LogP contribution in [-0.4, -0.2) is 26.9 Å². The van der Waals surface area contributed by atoms with Crippen molar-refractivity contribution >= 4 is 34.7 Å². The van der Waals surface area contributed by atoms with Crippen molar-refractivity contribution in [3.63, 3.8) is 0 Å². The van der Waals surface area contributed by atoms with E-state index in [9.17, 15) is 0 Å². The third kappa shape index (κ3) is 4.95. The molecule has 2 aromatic carbocycles. The monoisotopic (exact) mass is 458 g/mol. The van der Waals surface area contributed by atoms with Crippen LogP contribution in [0, 0.1) is 0 Å². The summed E-state index contributed by atoms with van der Waals surface area (Å²) in [7, 11) is 3.62. The second-order valence-corrected chi connectivity index (χ2v) is 8.68. The van der Waals surface area contributed by atoms with Gasteiger partial charge in [-0.1, -0.05) is 23.4 Å². The molecule has 0 saturated heterocycles. The number of hydrogen-bond donors (Lipinski definition) is 0. The first kappa shape index (κ1) is 20.7. The number of benzene rings is 2. The highest BCUT2D eigenvalue weighted by molar-refractivity contribution is 7.98. The first-order chi connectivity index (χ1) is 14.6. The Hall–Kier alpha value is -2.55. The number of rotatable bonds is 8. The molecule has 4 aromatic rings. The van der Waals surface area contributed by atoms with Crippen molar-refractivity contribution in [2.24, 2.45) is 7.05 Å². The van der Waals surface area contributed by atoms with E-state index >= 15 is 0 Å². The average Bonchev–Trinajstić information content (AvgIpc) is 3.38. The topological polar surface area (TPSA) is 62.1 Å². The summed E-state index contributed by atoms with van der Waals surface area (Å²) in [5, 5.41) is 13.2. The van der Waals surface area contributed by atoms with Crippen molar-refractivity contribution < 1.29 is 9.47 Å². The van der Waals surface area contributed by atoms with Gasteiger partial charge in [0.25, 0.3) is 0 Å². The van der Waals surface area contributed by atoms with E-state index in [2.05, 4.69) is 15.2 Å². The molecule has 0 radical (unpaired) electrons. The summed E-state index contributed by atoms with van der Waals surface area (Å²) in [6.07, 6.45) is 0. The number of thioether (sulfide) groups is 1. The third-order valence-corrected chi connectivity index (χ3v) is 6.48. The lowest BCUT2D eigenvalue weighted by Crippen LogP contribution is -1.96. The van der Waals surface area contributed by atoms with Gasteiger partial charge in [-0.15, -0.1) is 21.5 Å². The molecule has 0 aliphatic carbocycles. The number of methoxy groups -OCH3 is 1. The molecular formula is C21H19ClN4O2S2. The molecule has 0 aliphatic heterocycles. The number of aromatic nitrogens is 4. The highest BCUT2D eigenvalue weighted by atomic mass is 35.5. The highest BCUT2D eigenvalue weighted by Crippen LogP contribution is 2.27. The van der Waals surface area contributed by atoms with Crippen LogP contribution in [0.1, 0.15) is 10.7 Å². The summed E-state index contributed by atoms with van der Waals surface area (Å²) in [5.41, 5.74) is 1.99. The molecule has 0 aliphatic rings. The standard InChI is InChI=1S/C21H19ClN4O2S2/c1-26-20(14-3-7-17(27-2)8-4-14)24-25-21(26)30-13-16-12-29-19(23-16)11-28-18-9-5-15(22)6-10-18/h3-10,12H,11,13H2,1-2H3. The van der Waals surface area contributed by atoms with Crippen molar-refractivity contribution in [1.82, 2.24) is 19.7 Å². The molecule has 4 rings (SSSR count). The minimum atomic E-state index is 0.433. The molecule has 0 N–H and O–H groups in total. The summed E-state index contributed by atoms with van der Waals surface area (Å²) in [5.74, 6) is 3.12. The second kappa shape index (κ2) is 9.51. The van der Waals surface area contributed by atoms with Gasteiger partial charge in [0.15, 0.2) is 11.0 Å². The van der Waals surface area contributed by atoms with E-state index in [1.807, 2.05) is 65.5 Å². The number of nitrogens with zero attached hydrogens (tertiary/aromatic N) is 4. The fourth-order valence-electron chi connectivity index (χ4n) is 2.73. The number of thiazole rings is 1. The summed E-state index contributed by atoms with van der Waals surface area (Å²) in [4.78, 5) is 4.65. The minimum Gasteiger partial charge on any atom is -0.497 e. The van der Waals surface area contributed by atoms with Crippen molar-refractivity contribution in [1.29, 1.82) is 0 Å². The van der Waals surface area contributed by atoms with Crippen LogP contribution in [-0.2, 0) is 19.4 Å². The summed E-state index contributed by atoms with van der Waals surface area (Å²) < 4.78 is 13.0. The first-order valence-electron chi connectivity index (χ1n) is 9.10. The van der Waals surface area contributed by atoms with E-state index in [1.54, 1.807) is 30.2 Å². The van der Waals surface area contributed by atoms with Gasteiger partial charge in [0.05, 0.1) is 12.8 Å². The van der Waals surface area contributed by atoms with Gasteiger partial charge < -0.3 is 14.0 Å². The van der Waals surface area contributed by atoms with Gasteiger partial charge in [-0.05, 0) is 48.5 Å². The van der Waals surface area contributed by atoms with Crippen LogP contribution in [0.3, 0.4) is 0 Å². The van der Waals surface area contributed by atoms with Crippen LogP contribution in [0.15, 0.2) is 59.1 Å². The van der Waals surface area contributed by atoms with Crippen LogP contribution in [0.25, 0.3) is 11.4 Å². The van der Waals surface area contributed by atoms with Gasteiger partial charge in [-0.3, -0.25) is 0 Å². The smallest absolute Gasteiger partial charge is 0.191 e. The van der Waals surface area contributed by atoms with Gasteiger partial charge in [0, 0.05) is 28.8 Å². The lowest BCUT2D eigenvalue weighted by molar-refractivity contribution is 0.305. The van der Waals surface area contributed by atoms with Crippen molar-refractivity contribution in [3.05, 3.63) is 69.6 Å². The molecule has 0 atom stereocenters. The fourth-order valence-corrected chi connectivity index (χ4v) is 4.47. The third-order valence-electron chi connectivity index (χ3n) is 4.31. The van der Waals surface area contributed by atoms with Gasteiger partial charge in [0.2, 0.25) is 0 Å². The molecule has 2 aromatic heterocycles. The van der Waals surface area contributed by atoms with Crippen LogP contribution in [0.5, 0.6) is 11.5 Å². The normalized spacial score (nSPS) is 10.9. The maximum atomic E-state index is 5.89. The lowest BCUT2D eigenvalue weighted by atomic mass is 10.2. The van der Waals surface area contributed by atoms with Crippen LogP contribution < -0.4 is 9.47 Å². The molecule has 0 bridgehead atoms. The van der Waals surface area contributed by atoms with Crippen LogP contribution in [0.4, 0.5) is 0 Å². The van der Waals surface area contributed by atoms with Crippen molar-refractivity contribution in [2.75, 3.05) is 7.11 Å². The maximum absolute atomic E-state index is 5.89. The van der Waals surface area contributed by atoms with E-state index < -0.39 is 0 Å². The Bertz CT molecular complexity index is 1110. The fraction of sp³-hybridized carbons (Fsp3) is 0.190. The van der Waals surface area contributed by atoms with Gasteiger partial charge in [0.1, 0.15) is 23.1 Å². The molecular weight excluding hydrogens is 440 g/mol. The summed E-state index contributed by atoms with van der Waals surface area (Å²) in [6.45, 7) is 0.433. The maximum Gasteiger partial charge on any atom is 0.191 e. The number of ether oxygens (including phenoxy) is 2. The van der Waals surface area contributed by atoms with E-state index in [0.717, 1.165) is 38.7 Å². The van der Waals surface area contributed by atoms with Gasteiger partial charge in [-0.25, -0.2) is 4.98 Å². The first-order valence-corrected chi connectivity index (χ1v) is 11.3. The van der Waals surface area contributed by atoms with E-state index in [-0.39, 0.29) is 0 Å². The summed E-state index contributed by atoms with van der Waals surface area (Å²) in [6, 6.07) is 15.1. The molecule has 0 amide bonds. The Morgan fingerprint density at radius 2 is 1.77 bits per heavy atom. The molecule has 2 heterocycles. The van der Waals surface area contributed by atoms with Gasteiger partial charge >= 0.3 is 0 Å². The van der Waals surface area contributed by atoms with Gasteiger partial charge in [-0.2, -0.15) is 0 Å². The second-order valence-electron chi connectivity index (χ2n) is 6.36. The van der Waals surface area contributed by atoms with Crippen molar-refractivity contribution in [2.45, 2.75) is 17.5 Å². The zero-order chi connectivity index (χ0) is 20.9. The molecule has 0 unspecified atom stereocenters. The average molecular weight is 459 g/mol. The summed E-state index contributed by atoms with van der Waals surface area (Å²) >= 11 is 9.09. The Balaban J connectivity index is 1.35. The number of halogens is 1. The molecule has 9 heteroatoms. The van der Waals surface area contributed by atoms with E-state index in [0.29, 0.717) is 17.4 Å². The Morgan fingerprint density at radius 3 is 2.50 bits per heavy atom. The predicted octanol–water partition coefficient (Wildman–Crippen LogP) is 5.47. The minimum absolute atomic E-state index is 0.433. The van der Waals surface area contributed by atoms with Crippen molar-refractivity contribution in [3.8, 4) is 22.9 Å². The highest BCUT2D eigenvalue weighted by Gasteiger charge is 2.12. The zero-order valence-corrected chi connectivity index (χ0v) is 18.8. The largest absolute Gasteiger partial charge is 0.497 e. The van der Waals surface area contributed by atoms with Crippen LogP contribution >= 0.6 is 34.7 Å². The Morgan fingerprint density at radius 1 is 1.03 bits per heavy atom. The predicted molar refractivity (Wildman–Crippen MR) is 120 cm³/mol. The molecule has 6 nitrogen and oxygen atoms in total. The molecule has 0 saturated carbocycles. The number of hydrogen-bond acceptors (Lipinski definition) is 7. The Kier molecular flexibility index (Phi) is 6.56. The van der Waals surface area contributed by atoms with Crippen LogP contribution in [0.2, 0.25) is 5.02 Å². The zero-order valence-electron chi connectivity index (χ0n) is 16.4. The van der Waals surface area contributed by atoms with E-state index in [1.165, 1.54) is 0 Å². The molecule has 154 valence electrons.